The number of hydrogen-bond donors (Lipinski definition) is 2. The Morgan fingerprint density at radius 3 is 2.40 bits per heavy atom. The van der Waals surface area contributed by atoms with E-state index in [9.17, 15) is 19.8 Å². The topological polar surface area (TPSA) is 117 Å². The van der Waals surface area contributed by atoms with Gasteiger partial charge in [0.05, 0.1) is 11.6 Å². The maximum absolute atomic E-state index is 13.2. The van der Waals surface area contributed by atoms with E-state index in [1.165, 1.54) is 52.5 Å². The van der Waals surface area contributed by atoms with Gasteiger partial charge in [-0.05, 0) is 35.4 Å². The van der Waals surface area contributed by atoms with Crippen LogP contribution in [0.4, 0.5) is 5.13 Å². The molecule has 0 spiro atoms. The molecule has 1 aliphatic rings. The number of aromatic hydroxyl groups is 1. The number of phenols is 1. The Bertz CT molecular complexity index is 1410. The summed E-state index contributed by atoms with van der Waals surface area (Å²) in [5, 5.41) is 29.4. The van der Waals surface area contributed by atoms with Gasteiger partial charge >= 0.3 is 5.91 Å². The summed E-state index contributed by atoms with van der Waals surface area (Å²) in [6.45, 7) is 0. The van der Waals surface area contributed by atoms with Crippen molar-refractivity contribution in [1.29, 1.82) is 0 Å². The van der Waals surface area contributed by atoms with Crippen LogP contribution >= 0.6 is 23.1 Å². The van der Waals surface area contributed by atoms with Crippen molar-refractivity contribution in [2.75, 3.05) is 4.90 Å². The lowest BCUT2D eigenvalue weighted by Crippen LogP contribution is -2.29. The lowest BCUT2D eigenvalue weighted by molar-refractivity contribution is -0.132. The molecule has 8 nitrogen and oxygen atoms in total. The highest BCUT2D eigenvalue weighted by Gasteiger charge is 2.48. The van der Waals surface area contributed by atoms with E-state index in [0.717, 1.165) is 5.56 Å². The Morgan fingerprint density at radius 1 is 0.971 bits per heavy atom. The number of pyridine rings is 1. The van der Waals surface area contributed by atoms with Gasteiger partial charge in [0.25, 0.3) is 5.78 Å². The van der Waals surface area contributed by atoms with Gasteiger partial charge in [0, 0.05) is 23.7 Å². The van der Waals surface area contributed by atoms with Crippen LogP contribution in [0.15, 0.2) is 89.0 Å². The summed E-state index contributed by atoms with van der Waals surface area (Å²) < 4.78 is 0.643. The molecular formula is C25H18N4O4S2. The van der Waals surface area contributed by atoms with E-state index in [1.807, 2.05) is 30.3 Å². The summed E-state index contributed by atoms with van der Waals surface area (Å²) in [4.78, 5) is 31.5. The van der Waals surface area contributed by atoms with E-state index in [4.69, 9.17) is 0 Å². The first-order valence-electron chi connectivity index (χ1n) is 10.5. The molecule has 0 aliphatic carbocycles. The number of ketones is 1. The molecule has 4 aromatic rings. The predicted octanol–water partition coefficient (Wildman–Crippen LogP) is 4.56. The second kappa shape index (κ2) is 9.69. The SMILES string of the molecule is O=C1C(=O)N(c2nnc(SCc3ccccc3)s2)C(c2ccc(O)cc2)/C1=C(\O)c1ccncc1. The lowest BCUT2D eigenvalue weighted by atomic mass is 9.95. The lowest BCUT2D eigenvalue weighted by Gasteiger charge is -2.22. The number of Topliss-reactive ketones (excluding diaryl/α,β-unsaturated/α-hetero) is 1. The van der Waals surface area contributed by atoms with Gasteiger partial charge in [0.1, 0.15) is 11.5 Å². The molecule has 2 aromatic carbocycles. The molecule has 1 atom stereocenters. The summed E-state index contributed by atoms with van der Waals surface area (Å²) in [6, 6.07) is 18.2. The van der Waals surface area contributed by atoms with Crippen LogP contribution in [-0.4, -0.2) is 37.1 Å². The van der Waals surface area contributed by atoms with Gasteiger partial charge in [-0.2, -0.15) is 0 Å². The number of benzene rings is 2. The van der Waals surface area contributed by atoms with Gasteiger partial charge in [-0.1, -0.05) is 65.6 Å². The minimum absolute atomic E-state index is 0.0374. The third-order valence-electron chi connectivity index (χ3n) is 5.41. The van der Waals surface area contributed by atoms with Gasteiger partial charge < -0.3 is 10.2 Å². The van der Waals surface area contributed by atoms with Crippen LogP contribution in [0.25, 0.3) is 5.76 Å². The largest absolute Gasteiger partial charge is 0.508 e. The zero-order chi connectivity index (χ0) is 24.4. The van der Waals surface area contributed by atoms with E-state index >= 15 is 0 Å². The molecule has 5 rings (SSSR count). The molecule has 174 valence electrons. The molecule has 1 amide bonds. The fourth-order valence-corrected chi connectivity index (χ4v) is 5.57. The zero-order valence-corrected chi connectivity index (χ0v) is 19.7. The highest BCUT2D eigenvalue weighted by Crippen LogP contribution is 2.44. The average Bonchev–Trinajstić information content (AvgIpc) is 3.46. The van der Waals surface area contributed by atoms with Crippen molar-refractivity contribution < 1.29 is 19.8 Å². The average molecular weight is 503 g/mol. The quantitative estimate of drug-likeness (QED) is 0.130. The Balaban J connectivity index is 1.54. The van der Waals surface area contributed by atoms with Crippen molar-refractivity contribution in [2.45, 2.75) is 16.1 Å². The van der Waals surface area contributed by atoms with Gasteiger partial charge in [-0.3, -0.25) is 19.5 Å². The molecule has 0 bridgehead atoms. The summed E-state index contributed by atoms with van der Waals surface area (Å²) in [5.41, 5.74) is 1.95. The molecule has 35 heavy (non-hydrogen) atoms. The zero-order valence-electron chi connectivity index (χ0n) is 18.1. The highest BCUT2D eigenvalue weighted by atomic mass is 32.2. The summed E-state index contributed by atoms with van der Waals surface area (Å²) in [6.07, 6.45) is 2.98. The van der Waals surface area contributed by atoms with Crippen LogP contribution in [0.5, 0.6) is 5.75 Å². The van der Waals surface area contributed by atoms with E-state index < -0.39 is 17.7 Å². The van der Waals surface area contributed by atoms with Gasteiger partial charge in [0.2, 0.25) is 5.13 Å². The van der Waals surface area contributed by atoms with E-state index in [1.54, 1.807) is 24.3 Å². The predicted molar refractivity (Wildman–Crippen MR) is 133 cm³/mol. The smallest absolute Gasteiger partial charge is 0.301 e. The van der Waals surface area contributed by atoms with Gasteiger partial charge in [0.15, 0.2) is 4.34 Å². The van der Waals surface area contributed by atoms with Crippen LogP contribution in [-0.2, 0) is 15.3 Å². The molecule has 3 heterocycles. The fourth-order valence-electron chi connectivity index (χ4n) is 3.74. The van der Waals surface area contributed by atoms with Crippen molar-refractivity contribution in [3.8, 4) is 5.75 Å². The number of amides is 1. The molecule has 2 N–H and O–H groups in total. The van der Waals surface area contributed by atoms with Crippen LogP contribution in [0.2, 0.25) is 0 Å². The third kappa shape index (κ3) is 4.53. The number of carbonyl (C=O) groups is 2. The molecule has 0 saturated carbocycles. The number of aromatic nitrogens is 3. The second-order valence-corrected chi connectivity index (χ2v) is 9.80. The molecular weight excluding hydrogens is 484 g/mol. The van der Waals surface area contributed by atoms with Crippen LogP contribution in [0, 0.1) is 0 Å². The number of thioether (sulfide) groups is 1. The van der Waals surface area contributed by atoms with Gasteiger partial charge in [-0.25, -0.2) is 0 Å². The molecule has 1 fully saturated rings. The van der Waals surface area contributed by atoms with Crippen molar-refractivity contribution in [3.05, 3.63) is 101 Å². The number of hydrogen-bond acceptors (Lipinski definition) is 9. The number of anilines is 1. The molecule has 1 saturated heterocycles. The molecule has 10 heteroatoms. The summed E-state index contributed by atoms with van der Waals surface area (Å²) in [7, 11) is 0. The number of aliphatic hydroxyl groups is 1. The molecule has 1 unspecified atom stereocenters. The first-order chi connectivity index (χ1) is 17.0. The maximum atomic E-state index is 13.2. The first-order valence-corrected chi connectivity index (χ1v) is 12.3. The van der Waals surface area contributed by atoms with Crippen molar-refractivity contribution in [3.63, 3.8) is 0 Å². The maximum Gasteiger partial charge on any atom is 0.301 e. The standard InChI is InChI=1S/C25H18N4O4S2/c30-18-8-6-16(7-9-18)20-19(21(31)17-10-12-26-13-11-17)22(32)23(33)29(20)24-27-28-25(35-24)34-14-15-4-2-1-3-5-15/h1-13,20,30-31H,14H2/b21-19+. The van der Waals surface area contributed by atoms with E-state index in [-0.39, 0.29) is 22.2 Å². The molecule has 0 radical (unpaired) electrons. The van der Waals surface area contributed by atoms with E-state index in [0.29, 0.717) is 21.2 Å². The van der Waals surface area contributed by atoms with Crippen LogP contribution in [0.1, 0.15) is 22.7 Å². The highest BCUT2D eigenvalue weighted by molar-refractivity contribution is 8.00. The Morgan fingerprint density at radius 2 is 1.69 bits per heavy atom. The Hall–Kier alpha value is -4.02. The van der Waals surface area contributed by atoms with Crippen molar-refractivity contribution in [2.24, 2.45) is 0 Å². The van der Waals surface area contributed by atoms with Gasteiger partial charge in [-0.15, -0.1) is 10.2 Å². The first kappa shape index (κ1) is 22.8. The second-order valence-electron chi connectivity index (χ2n) is 7.62. The number of aliphatic hydroxyl groups excluding tert-OH is 1. The minimum Gasteiger partial charge on any atom is -0.508 e. The number of rotatable bonds is 6. The Labute approximate surface area is 208 Å². The number of nitrogens with zero attached hydrogens (tertiary/aromatic N) is 4. The third-order valence-corrected chi connectivity index (χ3v) is 7.54. The van der Waals surface area contributed by atoms with Crippen molar-refractivity contribution >= 4 is 45.7 Å². The van der Waals surface area contributed by atoms with E-state index in [2.05, 4.69) is 15.2 Å². The number of carbonyl (C=O) groups excluding carboxylic acids is 2. The number of phenolic OH excluding ortho intramolecular Hbond substituents is 1. The molecule has 1 aliphatic heterocycles. The summed E-state index contributed by atoms with van der Waals surface area (Å²) >= 11 is 2.68. The van der Waals surface area contributed by atoms with Crippen LogP contribution < -0.4 is 4.90 Å². The summed E-state index contributed by atoms with van der Waals surface area (Å²) in [5.74, 6) is -1.23. The fraction of sp³-hybridized carbons (Fsp3) is 0.0800. The monoisotopic (exact) mass is 502 g/mol. The molecule has 2 aromatic heterocycles. The van der Waals surface area contributed by atoms with Crippen LogP contribution in [0.3, 0.4) is 0 Å². The van der Waals surface area contributed by atoms with Crippen molar-refractivity contribution in [1.82, 2.24) is 15.2 Å². The normalized spacial score (nSPS) is 17.1. The Kier molecular flexibility index (Phi) is 6.30. The minimum atomic E-state index is -0.941.